The first-order chi connectivity index (χ1) is 14.5. The van der Waals surface area contributed by atoms with Crippen molar-refractivity contribution in [3.63, 3.8) is 0 Å². The van der Waals surface area contributed by atoms with Crippen LogP contribution in [0.1, 0.15) is 5.56 Å². The van der Waals surface area contributed by atoms with Gasteiger partial charge in [-0.1, -0.05) is 29.3 Å². The number of nitriles is 1. The zero-order valence-corrected chi connectivity index (χ0v) is 20.0. The van der Waals surface area contributed by atoms with E-state index >= 15 is 0 Å². The average Bonchev–Trinajstić information content (AvgIpc) is 2.67. The highest BCUT2D eigenvalue weighted by Gasteiger charge is 2.19. The first-order valence-corrected chi connectivity index (χ1v) is 12.8. The predicted molar refractivity (Wildman–Crippen MR) is 123 cm³/mol. The largest absolute Gasteiger partial charge is 0.280 e. The van der Waals surface area contributed by atoms with Crippen molar-refractivity contribution >= 4 is 70.6 Å². The van der Waals surface area contributed by atoms with Crippen LogP contribution in [0.15, 0.2) is 74.9 Å². The summed E-state index contributed by atoms with van der Waals surface area (Å²) >= 11 is 14.9. The number of hydrogen-bond donors (Lipinski definition) is 2. The van der Waals surface area contributed by atoms with Crippen LogP contribution in [0.25, 0.3) is 0 Å². The van der Waals surface area contributed by atoms with Crippen LogP contribution in [-0.2, 0) is 20.0 Å². The standard InChI is InChI=1S/C19H12BrCl2N3O4S2/c20-18-2-1-3-19(17(18)11-23)25-30(26,27)15-6-4-14(5-7-15)24-31(28,29)16-9-12(21)8-13(22)10-16/h1-10,24-25H. The summed E-state index contributed by atoms with van der Waals surface area (Å²) in [5, 5.41) is 9.56. The molecule has 0 amide bonds. The van der Waals surface area contributed by atoms with Gasteiger partial charge in [0.05, 0.1) is 21.0 Å². The Bertz CT molecular complexity index is 1380. The molecule has 31 heavy (non-hydrogen) atoms. The highest BCUT2D eigenvalue weighted by molar-refractivity contribution is 9.10. The molecular weight excluding hydrogens is 549 g/mol. The van der Waals surface area contributed by atoms with Crippen LogP contribution >= 0.6 is 39.1 Å². The Morgan fingerprint density at radius 3 is 1.97 bits per heavy atom. The Balaban J connectivity index is 1.84. The Morgan fingerprint density at radius 1 is 0.806 bits per heavy atom. The second kappa shape index (κ2) is 9.06. The van der Waals surface area contributed by atoms with E-state index in [2.05, 4.69) is 25.4 Å². The topological polar surface area (TPSA) is 116 Å². The van der Waals surface area contributed by atoms with Crippen molar-refractivity contribution in [1.29, 1.82) is 5.26 Å². The molecule has 0 aliphatic rings. The molecule has 3 rings (SSSR count). The Morgan fingerprint density at radius 2 is 1.39 bits per heavy atom. The monoisotopic (exact) mass is 559 g/mol. The van der Waals surface area contributed by atoms with Crippen molar-refractivity contribution in [2.24, 2.45) is 0 Å². The van der Waals surface area contributed by atoms with Gasteiger partial charge in [-0.05, 0) is 70.5 Å². The van der Waals surface area contributed by atoms with Crippen LogP contribution in [0, 0.1) is 11.3 Å². The number of benzene rings is 3. The van der Waals surface area contributed by atoms with E-state index in [9.17, 15) is 22.1 Å². The maximum Gasteiger partial charge on any atom is 0.261 e. The zero-order valence-electron chi connectivity index (χ0n) is 15.3. The Hall–Kier alpha value is -2.29. The number of halogens is 3. The fraction of sp³-hybridized carbons (Fsp3) is 0. The molecule has 0 unspecified atom stereocenters. The number of hydrogen-bond acceptors (Lipinski definition) is 5. The van der Waals surface area contributed by atoms with Gasteiger partial charge in [-0.2, -0.15) is 5.26 Å². The fourth-order valence-corrected chi connectivity index (χ4v) is 5.84. The van der Waals surface area contributed by atoms with E-state index in [-0.39, 0.29) is 36.8 Å². The number of nitrogens with one attached hydrogen (secondary N) is 2. The molecule has 0 atom stereocenters. The number of anilines is 2. The quantitative estimate of drug-likeness (QED) is 0.428. The lowest BCUT2D eigenvalue weighted by atomic mass is 10.2. The van der Waals surface area contributed by atoms with E-state index in [1.807, 2.05) is 6.07 Å². The molecule has 0 aliphatic heterocycles. The molecule has 0 aromatic heterocycles. The second-order valence-corrected chi connectivity index (χ2v) is 11.2. The smallest absolute Gasteiger partial charge is 0.261 e. The molecule has 0 aliphatic carbocycles. The number of rotatable bonds is 6. The van der Waals surface area contributed by atoms with E-state index in [0.29, 0.717) is 4.47 Å². The van der Waals surface area contributed by atoms with Gasteiger partial charge in [0.2, 0.25) is 0 Å². The van der Waals surface area contributed by atoms with E-state index < -0.39 is 20.0 Å². The summed E-state index contributed by atoms with van der Waals surface area (Å²) in [4.78, 5) is -0.257. The summed E-state index contributed by atoms with van der Waals surface area (Å²) in [5.74, 6) is 0. The van der Waals surface area contributed by atoms with Crippen molar-refractivity contribution in [2.75, 3.05) is 9.44 Å². The first-order valence-electron chi connectivity index (χ1n) is 8.32. The summed E-state index contributed by atoms with van der Waals surface area (Å²) in [6, 6.07) is 15.5. The Kier molecular flexibility index (Phi) is 6.83. The zero-order chi connectivity index (χ0) is 22.8. The molecule has 3 aromatic rings. The van der Waals surface area contributed by atoms with Crippen LogP contribution in [0.3, 0.4) is 0 Å². The summed E-state index contributed by atoms with van der Waals surface area (Å²) < 4.78 is 55.5. The third-order valence-corrected chi connectivity index (χ3v) is 7.77. The summed E-state index contributed by atoms with van der Waals surface area (Å²) in [5.41, 5.74) is 0.380. The third kappa shape index (κ3) is 5.50. The highest BCUT2D eigenvalue weighted by Crippen LogP contribution is 2.27. The highest BCUT2D eigenvalue weighted by atomic mass is 79.9. The van der Waals surface area contributed by atoms with Crippen LogP contribution < -0.4 is 9.44 Å². The summed E-state index contributed by atoms with van der Waals surface area (Å²) in [7, 11) is -8.01. The van der Waals surface area contributed by atoms with Gasteiger partial charge in [-0.3, -0.25) is 9.44 Å². The van der Waals surface area contributed by atoms with Gasteiger partial charge in [-0.25, -0.2) is 16.8 Å². The maximum atomic E-state index is 12.7. The van der Waals surface area contributed by atoms with Gasteiger partial charge in [0.1, 0.15) is 6.07 Å². The Labute approximate surface area is 197 Å². The minimum Gasteiger partial charge on any atom is -0.280 e. The van der Waals surface area contributed by atoms with E-state index in [1.54, 1.807) is 12.1 Å². The molecule has 160 valence electrons. The van der Waals surface area contributed by atoms with Gasteiger partial charge in [0.25, 0.3) is 20.0 Å². The average molecular weight is 561 g/mol. The minimum atomic E-state index is -4.02. The van der Waals surface area contributed by atoms with E-state index in [4.69, 9.17) is 23.2 Å². The van der Waals surface area contributed by atoms with Gasteiger partial charge >= 0.3 is 0 Å². The normalized spacial score (nSPS) is 11.5. The number of nitrogens with zero attached hydrogens (tertiary/aromatic N) is 1. The molecule has 0 radical (unpaired) electrons. The van der Waals surface area contributed by atoms with Crippen LogP contribution in [-0.4, -0.2) is 16.8 Å². The van der Waals surface area contributed by atoms with E-state index in [1.165, 1.54) is 48.5 Å². The van der Waals surface area contributed by atoms with Crippen molar-refractivity contribution in [2.45, 2.75) is 9.79 Å². The molecule has 0 spiro atoms. The lowest BCUT2D eigenvalue weighted by molar-refractivity contribution is 0.600. The molecular formula is C19H12BrCl2N3O4S2. The number of sulfonamides is 2. The van der Waals surface area contributed by atoms with Crippen LogP contribution in [0.5, 0.6) is 0 Å². The SMILES string of the molecule is N#Cc1c(Br)cccc1NS(=O)(=O)c1ccc(NS(=O)(=O)c2cc(Cl)cc(Cl)c2)cc1. The van der Waals surface area contributed by atoms with Gasteiger partial charge in [-0.15, -0.1) is 0 Å². The molecule has 0 bridgehead atoms. The van der Waals surface area contributed by atoms with Gasteiger partial charge in [0.15, 0.2) is 0 Å². The second-order valence-electron chi connectivity index (χ2n) is 6.11. The van der Waals surface area contributed by atoms with Crippen molar-refractivity contribution in [3.8, 4) is 6.07 Å². The molecule has 0 saturated carbocycles. The van der Waals surface area contributed by atoms with Gasteiger partial charge < -0.3 is 0 Å². The summed E-state index contributed by atoms with van der Waals surface area (Å²) in [6.07, 6.45) is 0. The molecule has 2 N–H and O–H groups in total. The van der Waals surface area contributed by atoms with Crippen LogP contribution in [0.2, 0.25) is 10.0 Å². The molecule has 0 saturated heterocycles. The lowest BCUT2D eigenvalue weighted by Crippen LogP contribution is -2.15. The lowest BCUT2D eigenvalue weighted by Gasteiger charge is -2.12. The van der Waals surface area contributed by atoms with Gasteiger partial charge in [0, 0.05) is 20.2 Å². The van der Waals surface area contributed by atoms with Crippen molar-refractivity contribution in [1.82, 2.24) is 0 Å². The first kappa shape index (κ1) is 23.4. The summed E-state index contributed by atoms with van der Waals surface area (Å²) in [6.45, 7) is 0. The van der Waals surface area contributed by atoms with Crippen molar-refractivity contribution in [3.05, 3.63) is 80.7 Å². The molecule has 12 heteroatoms. The molecule has 0 fully saturated rings. The molecule has 7 nitrogen and oxygen atoms in total. The molecule has 3 aromatic carbocycles. The van der Waals surface area contributed by atoms with Crippen molar-refractivity contribution < 1.29 is 16.8 Å². The fourth-order valence-electron chi connectivity index (χ4n) is 2.53. The maximum absolute atomic E-state index is 12.7. The minimum absolute atomic E-state index is 0.111. The predicted octanol–water partition coefficient (Wildman–Crippen LogP) is 5.23. The van der Waals surface area contributed by atoms with E-state index in [0.717, 1.165) is 0 Å². The third-order valence-electron chi connectivity index (χ3n) is 3.93. The van der Waals surface area contributed by atoms with Crippen LogP contribution in [0.4, 0.5) is 11.4 Å². The molecule has 0 heterocycles.